The molecule has 0 fully saturated rings. The number of aryl methyl sites for hydroxylation is 1. The van der Waals surface area contributed by atoms with Crippen LogP contribution < -0.4 is 4.90 Å². The SMILES string of the molecule is Cc1ccc(CC(=O)N(C)c2ccccc2C#N)cc1. The van der Waals surface area contributed by atoms with E-state index in [1.165, 1.54) is 5.56 Å². The van der Waals surface area contributed by atoms with Crippen molar-refractivity contribution in [3.63, 3.8) is 0 Å². The molecule has 20 heavy (non-hydrogen) atoms. The number of carbonyl (C=O) groups excluding carboxylic acids is 1. The smallest absolute Gasteiger partial charge is 0.231 e. The summed E-state index contributed by atoms with van der Waals surface area (Å²) in [6.07, 6.45) is 0.330. The van der Waals surface area contributed by atoms with Gasteiger partial charge in [-0.15, -0.1) is 0 Å². The van der Waals surface area contributed by atoms with Crippen molar-refractivity contribution in [3.05, 3.63) is 65.2 Å². The Morgan fingerprint density at radius 2 is 1.80 bits per heavy atom. The molecule has 0 radical (unpaired) electrons. The number of hydrogen-bond acceptors (Lipinski definition) is 2. The molecular formula is C17H16N2O. The molecule has 2 aromatic carbocycles. The van der Waals surface area contributed by atoms with Crippen LogP contribution in [-0.4, -0.2) is 13.0 Å². The van der Waals surface area contributed by atoms with E-state index in [-0.39, 0.29) is 5.91 Å². The van der Waals surface area contributed by atoms with Gasteiger partial charge in [-0.05, 0) is 24.6 Å². The van der Waals surface area contributed by atoms with Gasteiger partial charge in [-0.2, -0.15) is 5.26 Å². The maximum Gasteiger partial charge on any atom is 0.231 e. The fourth-order valence-electron chi connectivity index (χ4n) is 1.99. The highest BCUT2D eigenvalue weighted by Gasteiger charge is 2.14. The molecule has 3 heteroatoms. The van der Waals surface area contributed by atoms with Crippen molar-refractivity contribution in [3.8, 4) is 6.07 Å². The second-order valence-corrected chi connectivity index (χ2v) is 4.74. The summed E-state index contributed by atoms with van der Waals surface area (Å²) in [5.41, 5.74) is 3.30. The first-order valence-corrected chi connectivity index (χ1v) is 6.43. The third kappa shape index (κ3) is 3.04. The predicted octanol–water partition coefficient (Wildman–Crippen LogP) is 3.07. The summed E-state index contributed by atoms with van der Waals surface area (Å²) < 4.78 is 0. The Bertz CT molecular complexity index is 653. The highest BCUT2D eigenvalue weighted by atomic mass is 16.2. The number of likely N-dealkylation sites (N-methyl/N-ethyl adjacent to an activating group) is 1. The number of anilines is 1. The lowest BCUT2D eigenvalue weighted by molar-refractivity contribution is -0.117. The summed E-state index contributed by atoms with van der Waals surface area (Å²) in [5, 5.41) is 9.08. The van der Waals surface area contributed by atoms with Crippen LogP contribution in [0, 0.1) is 18.3 Å². The van der Waals surface area contributed by atoms with E-state index in [4.69, 9.17) is 5.26 Å². The number of para-hydroxylation sites is 1. The summed E-state index contributed by atoms with van der Waals surface area (Å²) in [7, 11) is 1.70. The molecule has 0 aliphatic carbocycles. The topological polar surface area (TPSA) is 44.1 Å². The van der Waals surface area contributed by atoms with Crippen molar-refractivity contribution in [2.75, 3.05) is 11.9 Å². The number of carbonyl (C=O) groups is 1. The first-order chi connectivity index (χ1) is 9.61. The summed E-state index contributed by atoms with van der Waals surface area (Å²) in [5.74, 6) is -0.0310. The summed E-state index contributed by atoms with van der Waals surface area (Å²) in [6, 6.07) is 17.1. The highest BCUT2D eigenvalue weighted by Crippen LogP contribution is 2.19. The maximum absolute atomic E-state index is 12.3. The fourth-order valence-corrected chi connectivity index (χ4v) is 1.99. The van der Waals surface area contributed by atoms with Crippen LogP contribution in [0.4, 0.5) is 5.69 Å². The minimum absolute atomic E-state index is 0.0310. The minimum atomic E-state index is -0.0310. The molecule has 3 nitrogen and oxygen atoms in total. The number of benzene rings is 2. The van der Waals surface area contributed by atoms with Crippen LogP contribution in [0.1, 0.15) is 16.7 Å². The zero-order valence-corrected chi connectivity index (χ0v) is 11.6. The van der Waals surface area contributed by atoms with E-state index in [9.17, 15) is 4.79 Å². The van der Waals surface area contributed by atoms with Gasteiger partial charge in [0, 0.05) is 7.05 Å². The molecule has 0 aliphatic rings. The zero-order chi connectivity index (χ0) is 14.5. The third-order valence-electron chi connectivity index (χ3n) is 3.24. The Labute approximate surface area is 119 Å². The first-order valence-electron chi connectivity index (χ1n) is 6.43. The van der Waals surface area contributed by atoms with Crippen molar-refractivity contribution in [1.82, 2.24) is 0 Å². The molecule has 0 heterocycles. The lowest BCUT2D eigenvalue weighted by Gasteiger charge is -2.18. The van der Waals surface area contributed by atoms with Gasteiger partial charge in [0.05, 0.1) is 17.7 Å². The summed E-state index contributed by atoms with van der Waals surface area (Å²) in [6.45, 7) is 2.01. The van der Waals surface area contributed by atoms with Crippen LogP contribution in [-0.2, 0) is 11.2 Å². The Kier molecular flexibility index (Phi) is 4.17. The molecule has 0 saturated carbocycles. The highest BCUT2D eigenvalue weighted by molar-refractivity contribution is 5.95. The molecule has 2 aromatic rings. The fraction of sp³-hybridized carbons (Fsp3) is 0.176. The molecule has 100 valence electrons. The third-order valence-corrected chi connectivity index (χ3v) is 3.24. The van der Waals surface area contributed by atoms with Crippen molar-refractivity contribution in [2.45, 2.75) is 13.3 Å². The van der Waals surface area contributed by atoms with Gasteiger partial charge in [0.2, 0.25) is 5.91 Å². The van der Waals surface area contributed by atoms with Crippen LogP contribution in [0.5, 0.6) is 0 Å². The zero-order valence-electron chi connectivity index (χ0n) is 11.6. The summed E-state index contributed by atoms with van der Waals surface area (Å²) >= 11 is 0. The van der Waals surface area contributed by atoms with Crippen LogP contribution in [0.25, 0.3) is 0 Å². The molecule has 0 spiro atoms. The number of nitriles is 1. The number of rotatable bonds is 3. The van der Waals surface area contributed by atoms with E-state index in [1.807, 2.05) is 37.3 Å². The second-order valence-electron chi connectivity index (χ2n) is 4.74. The lowest BCUT2D eigenvalue weighted by atomic mass is 10.1. The van der Waals surface area contributed by atoms with Gasteiger partial charge in [-0.1, -0.05) is 42.0 Å². The molecule has 0 bridgehead atoms. The van der Waals surface area contributed by atoms with Gasteiger partial charge < -0.3 is 4.90 Å². The van der Waals surface area contributed by atoms with E-state index in [1.54, 1.807) is 30.1 Å². The summed E-state index contributed by atoms with van der Waals surface area (Å²) in [4.78, 5) is 13.8. The van der Waals surface area contributed by atoms with E-state index < -0.39 is 0 Å². The molecule has 0 unspecified atom stereocenters. The van der Waals surface area contributed by atoms with Gasteiger partial charge in [-0.25, -0.2) is 0 Å². The molecule has 0 atom stereocenters. The van der Waals surface area contributed by atoms with Crippen LogP contribution in [0.3, 0.4) is 0 Å². The maximum atomic E-state index is 12.3. The van der Waals surface area contributed by atoms with Crippen molar-refractivity contribution in [2.24, 2.45) is 0 Å². The van der Waals surface area contributed by atoms with Crippen LogP contribution in [0.2, 0.25) is 0 Å². The van der Waals surface area contributed by atoms with E-state index in [2.05, 4.69) is 6.07 Å². The van der Waals surface area contributed by atoms with Crippen molar-refractivity contribution in [1.29, 1.82) is 5.26 Å². The Morgan fingerprint density at radius 1 is 1.15 bits per heavy atom. The van der Waals surface area contributed by atoms with E-state index in [0.29, 0.717) is 17.7 Å². The molecule has 1 amide bonds. The lowest BCUT2D eigenvalue weighted by Crippen LogP contribution is -2.28. The normalized spacial score (nSPS) is 9.85. The van der Waals surface area contributed by atoms with Gasteiger partial charge in [-0.3, -0.25) is 4.79 Å². The Balaban J connectivity index is 2.17. The quantitative estimate of drug-likeness (QED) is 0.855. The van der Waals surface area contributed by atoms with Crippen molar-refractivity contribution >= 4 is 11.6 Å². The van der Waals surface area contributed by atoms with Crippen LogP contribution >= 0.6 is 0 Å². The monoisotopic (exact) mass is 264 g/mol. The number of hydrogen-bond donors (Lipinski definition) is 0. The van der Waals surface area contributed by atoms with Gasteiger partial charge >= 0.3 is 0 Å². The average Bonchev–Trinajstić information content (AvgIpc) is 2.48. The predicted molar refractivity (Wildman–Crippen MR) is 79.5 cm³/mol. The molecule has 0 aliphatic heterocycles. The molecular weight excluding hydrogens is 248 g/mol. The number of nitrogens with zero attached hydrogens (tertiary/aromatic N) is 2. The molecule has 0 N–H and O–H groups in total. The molecule has 0 aromatic heterocycles. The van der Waals surface area contributed by atoms with Gasteiger partial charge in [0.15, 0.2) is 0 Å². The van der Waals surface area contributed by atoms with Crippen LogP contribution in [0.15, 0.2) is 48.5 Å². The standard InChI is InChI=1S/C17H16N2O/c1-13-7-9-14(10-8-13)11-17(20)19(2)16-6-4-3-5-15(16)12-18/h3-10H,11H2,1-2H3. The largest absolute Gasteiger partial charge is 0.314 e. The van der Waals surface area contributed by atoms with E-state index in [0.717, 1.165) is 5.56 Å². The van der Waals surface area contributed by atoms with E-state index >= 15 is 0 Å². The van der Waals surface area contributed by atoms with Gasteiger partial charge in [0.25, 0.3) is 0 Å². The number of amides is 1. The second kappa shape index (κ2) is 6.03. The molecule has 0 saturated heterocycles. The minimum Gasteiger partial charge on any atom is -0.314 e. The first kappa shape index (κ1) is 13.8. The Morgan fingerprint density at radius 3 is 2.45 bits per heavy atom. The molecule has 2 rings (SSSR count). The Hall–Kier alpha value is -2.60. The van der Waals surface area contributed by atoms with Crippen molar-refractivity contribution < 1.29 is 4.79 Å². The van der Waals surface area contributed by atoms with Gasteiger partial charge in [0.1, 0.15) is 6.07 Å². The average molecular weight is 264 g/mol.